The summed E-state index contributed by atoms with van der Waals surface area (Å²) < 4.78 is 4.73. The molecular formula is C39H25N3. The first-order valence-electron chi connectivity index (χ1n) is 14.3. The molecule has 0 radical (unpaired) electrons. The Bertz CT molecular complexity index is 2460. The summed E-state index contributed by atoms with van der Waals surface area (Å²) in [4.78, 5) is 5.17. The molecule has 0 atom stereocenters. The molecule has 0 spiro atoms. The zero-order valence-electron chi connectivity index (χ0n) is 22.8. The van der Waals surface area contributed by atoms with Gasteiger partial charge in [0, 0.05) is 32.8 Å². The second-order valence-corrected chi connectivity index (χ2v) is 10.8. The Morgan fingerprint density at radius 1 is 0.405 bits per heavy atom. The normalized spacial score (nSPS) is 11.8. The highest BCUT2D eigenvalue weighted by Gasteiger charge is 2.20. The third kappa shape index (κ3) is 3.31. The number of hydrogen-bond donors (Lipinski definition) is 0. The van der Waals surface area contributed by atoms with Gasteiger partial charge in [0.2, 0.25) is 0 Å². The molecule has 3 heteroatoms. The van der Waals surface area contributed by atoms with Gasteiger partial charge in [0.1, 0.15) is 5.82 Å². The van der Waals surface area contributed by atoms with Crippen LogP contribution in [0.5, 0.6) is 0 Å². The lowest BCUT2D eigenvalue weighted by Gasteiger charge is -2.10. The number of aromatic nitrogens is 3. The Hall–Kier alpha value is -5.67. The maximum Gasteiger partial charge on any atom is 0.138 e. The third-order valence-corrected chi connectivity index (χ3v) is 8.50. The standard InChI is InChI=1S/C39H25N3/c1-2-12-27(13-3-1)32-17-10-20-37(40-32)42-34-19-9-7-16-31(34)39-36(42)24-23-35-38(39)30-15-6-8-18-33(30)41(35)29-22-21-26-11-4-5-14-28(26)25-29/h1-25H. The Kier molecular flexibility index (Phi) is 4.90. The third-order valence-electron chi connectivity index (χ3n) is 8.50. The highest BCUT2D eigenvalue weighted by Crippen LogP contribution is 2.42. The monoisotopic (exact) mass is 535 g/mol. The Morgan fingerprint density at radius 2 is 1.02 bits per heavy atom. The van der Waals surface area contributed by atoms with E-state index in [-0.39, 0.29) is 0 Å². The fourth-order valence-electron chi connectivity index (χ4n) is 6.68. The molecule has 196 valence electrons. The van der Waals surface area contributed by atoms with Gasteiger partial charge in [-0.2, -0.15) is 0 Å². The fourth-order valence-corrected chi connectivity index (χ4v) is 6.68. The molecule has 0 aliphatic carbocycles. The molecule has 9 aromatic rings. The molecule has 0 N–H and O–H groups in total. The van der Waals surface area contributed by atoms with Crippen molar-refractivity contribution in [3.63, 3.8) is 0 Å². The van der Waals surface area contributed by atoms with Crippen molar-refractivity contribution in [3.8, 4) is 22.8 Å². The first-order chi connectivity index (χ1) is 20.8. The predicted molar refractivity (Wildman–Crippen MR) is 176 cm³/mol. The van der Waals surface area contributed by atoms with Crippen molar-refractivity contribution < 1.29 is 0 Å². The molecule has 3 aromatic heterocycles. The van der Waals surface area contributed by atoms with Crippen molar-refractivity contribution >= 4 is 54.4 Å². The van der Waals surface area contributed by atoms with E-state index in [9.17, 15) is 0 Å². The van der Waals surface area contributed by atoms with Gasteiger partial charge in [-0.25, -0.2) is 4.98 Å². The molecule has 0 fully saturated rings. The van der Waals surface area contributed by atoms with E-state index in [0.29, 0.717) is 0 Å². The number of hydrogen-bond acceptors (Lipinski definition) is 1. The van der Waals surface area contributed by atoms with E-state index in [0.717, 1.165) is 28.1 Å². The minimum atomic E-state index is 0.917. The van der Waals surface area contributed by atoms with Gasteiger partial charge in [0.05, 0.1) is 27.8 Å². The van der Waals surface area contributed by atoms with E-state index >= 15 is 0 Å². The highest BCUT2D eigenvalue weighted by atomic mass is 15.1. The number of fused-ring (bicyclic) bond motifs is 8. The number of rotatable bonds is 3. The summed E-state index contributed by atoms with van der Waals surface area (Å²) in [6.07, 6.45) is 0. The summed E-state index contributed by atoms with van der Waals surface area (Å²) in [5.41, 5.74) is 7.96. The van der Waals surface area contributed by atoms with Gasteiger partial charge in [-0.3, -0.25) is 4.57 Å². The van der Waals surface area contributed by atoms with Crippen molar-refractivity contribution in [2.24, 2.45) is 0 Å². The van der Waals surface area contributed by atoms with Crippen LogP contribution in [0.25, 0.3) is 77.1 Å². The molecule has 0 bridgehead atoms. The Morgan fingerprint density at radius 3 is 1.79 bits per heavy atom. The molecule has 3 nitrogen and oxygen atoms in total. The van der Waals surface area contributed by atoms with Crippen molar-refractivity contribution in [1.29, 1.82) is 0 Å². The zero-order chi connectivity index (χ0) is 27.6. The molecule has 0 aliphatic rings. The van der Waals surface area contributed by atoms with Gasteiger partial charge in [0.15, 0.2) is 0 Å². The lowest BCUT2D eigenvalue weighted by molar-refractivity contribution is 1.08. The van der Waals surface area contributed by atoms with Crippen molar-refractivity contribution in [3.05, 3.63) is 152 Å². The predicted octanol–water partition coefficient (Wildman–Crippen LogP) is 10.1. The quantitative estimate of drug-likeness (QED) is 0.221. The molecule has 9 rings (SSSR count). The van der Waals surface area contributed by atoms with Crippen LogP contribution in [0.1, 0.15) is 0 Å². The number of pyridine rings is 1. The first-order valence-corrected chi connectivity index (χ1v) is 14.3. The van der Waals surface area contributed by atoms with Crippen LogP contribution in [0.3, 0.4) is 0 Å². The van der Waals surface area contributed by atoms with Crippen molar-refractivity contribution in [2.45, 2.75) is 0 Å². The second kappa shape index (κ2) is 8.92. The van der Waals surface area contributed by atoms with E-state index in [1.54, 1.807) is 0 Å². The molecule has 42 heavy (non-hydrogen) atoms. The van der Waals surface area contributed by atoms with E-state index in [1.807, 2.05) is 6.07 Å². The first kappa shape index (κ1) is 23.1. The SMILES string of the molecule is c1ccc(-c2cccc(-n3c4ccccc4c4c5c6ccccc6n(-c6ccc7ccccc7c6)c5ccc43)n2)cc1. The molecule has 0 unspecified atom stereocenters. The Balaban J connectivity index is 1.39. The van der Waals surface area contributed by atoms with Crippen LogP contribution < -0.4 is 0 Å². The van der Waals surface area contributed by atoms with Crippen LogP contribution >= 0.6 is 0 Å². The van der Waals surface area contributed by atoms with Gasteiger partial charge in [-0.15, -0.1) is 0 Å². The summed E-state index contributed by atoms with van der Waals surface area (Å²) >= 11 is 0. The van der Waals surface area contributed by atoms with Gasteiger partial charge < -0.3 is 4.57 Å². The fraction of sp³-hybridized carbons (Fsp3) is 0. The van der Waals surface area contributed by atoms with Gasteiger partial charge in [-0.05, 0) is 59.3 Å². The summed E-state index contributed by atoms with van der Waals surface area (Å²) in [7, 11) is 0. The van der Waals surface area contributed by atoms with Crippen molar-refractivity contribution in [2.75, 3.05) is 0 Å². The molecule has 0 amide bonds. The number of benzene rings is 6. The zero-order valence-corrected chi connectivity index (χ0v) is 22.8. The summed E-state index contributed by atoms with van der Waals surface area (Å²) in [5.74, 6) is 0.917. The smallest absolute Gasteiger partial charge is 0.138 e. The second-order valence-electron chi connectivity index (χ2n) is 10.8. The Labute approximate surface area is 242 Å². The van der Waals surface area contributed by atoms with Crippen molar-refractivity contribution in [1.82, 2.24) is 14.1 Å². The van der Waals surface area contributed by atoms with E-state index < -0.39 is 0 Å². The average molecular weight is 536 g/mol. The van der Waals surface area contributed by atoms with Crippen LogP contribution in [0.2, 0.25) is 0 Å². The number of para-hydroxylation sites is 2. The van der Waals surface area contributed by atoms with Crippen LogP contribution in [0.15, 0.2) is 152 Å². The van der Waals surface area contributed by atoms with Crippen LogP contribution in [0, 0.1) is 0 Å². The van der Waals surface area contributed by atoms with Crippen LogP contribution in [-0.2, 0) is 0 Å². The highest BCUT2D eigenvalue weighted by molar-refractivity contribution is 6.28. The molecule has 0 saturated carbocycles. The van der Waals surface area contributed by atoms with Gasteiger partial charge in [0.25, 0.3) is 0 Å². The largest absolute Gasteiger partial charge is 0.309 e. The topological polar surface area (TPSA) is 22.8 Å². The van der Waals surface area contributed by atoms with E-state index in [2.05, 4.69) is 155 Å². The average Bonchev–Trinajstić information content (AvgIpc) is 3.58. The minimum absolute atomic E-state index is 0.917. The van der Waals surface area contributed by atoms with Crippen LogP contribution in [0.4, 0.5) is 0 Å². The van der Waals surface area contributed by atoms with E-state index in [4.69, 9.17) is 4.98 Å². The minimum Gasteiger partial charge on any atom is -0.309 e. The summed E-state index contributed by atoms with van der Waals surface area (Å²) in [6.45, 7) is 0. The summed E-state index contributed by atoms with van der Waals surface area (Å²) in [6, 6.07) is 54.1. The van der Waals surface area contributed by atoms with Gasteiger partial charge >= 0.3 is 0 Å². The molecule has 6 aromatic carbocycles. The van der Waals surface area contributed by atoms with E-state index in [1.165, 1.54) is 49.0 Å². The summed E-state index contributed by atoms with van der Waals surface area (Å²) in [5, 5.41) is 7.49. The molecule has 3 heterocycles. The molecule has 0 saturated heterocycles. The van der Waals surface area contributed by atoms with Gasteiger partial charge in [-0.1, -0.05) is 103 Å². The lowest BCUT2D eigenvalue weighted by Crippen LogP contribution is -1.98. The lowest BCUT2D eigenvalue weighted by atomic mass is 10.1. The number of nitrogens with zero attached hydrogens (tertiary/aromatic N) is 3. The van der Waals surface area contributed by atoms with Crippen LogP contribution in [-0.4, -0.2) is 14.1 Å². The maximum absolute atomic E-state index is 5.17. The molecular weight excluding hydrogens is 510 g/mol. The molecule has 0 aliphatic heterocycles. The maximum atomic E-state index is 5.17.